The average Bonchev–Trinajstić information content (AvgIpc) is 2.42. The van der Waals surface area contributed by atoms with E-state index in [0.717, 1.165) is 0 Å². The summed E-state index contributed by atoms with van der Waals surface area (Å²) in [5.41, 5.74) is 0.386. The molecule has 0 aliphatic rings. The van der Waals surface area contributed by atoms with Gasteiger partial charge < -0.3 is 20.5 Å². The third-order valence-corrected chi connectivity index (χ3v) is 2.33. The number of carboxylic acids is 1. The Kier molecular flexibility index (Phi) is 6.19. The van der Waals surface area contributed by atoms with Crippen molar-refractivity contribution >= 4 is 17.8 Å². The monoisotopic (exact) mass is 294 g/mol. The van der Waals surface area contributed by atoms with Crippen molar-refractivity contribution in [2.24, 2.45) is 0 Å². The van der Waals surface area contributed by atoms with Crippen molar-refractivity contribution in [1.82, 2.24) is 10.6 Å². The van der Waals surface area contributed by atoms with Crippen molar-refractivity contribution in [2.45, 2.75) is 20.0 Å². The van der Waals surface area contributed by atoms with E-state index in [4.69, 9.17) is 9.84 Å². The SMILES string of the molecule is CC(C)Oc1ccc(C(=O)NCC(=O)NCC(=O)O)cc1. The first-order chi connectivity index (χ1) is 9.88. The first-order valence-electron chi connectivity index (χ1n) is 6.42. The predicted molar refractivity (Wildman–Crippen MR) is 75.2 cm³/mol. The fourth-order valence-corrected chi connectivity index (χ4v) is 1.46. The lowest BCUT2D eigenvalue weighted by Crippen LogP contribution is -2.39. The molecule has 2 amide bonds. The van der Waals surface area contributed by atoms with Crippen molar-refractivity contribution in [2.75, 3.05) is 13.1 Å². The minimum absolute atomic E-state index is 0.0441. The standard InChI is InChI=1S/C14H18N2O5/c1-9(2)21-11-5-3-10(4-6-11)14(20)16-7-12(17)15-8-13(18)19/h3-6,9H,7-8H2,1-2H3,(H,15,17)(H,16,20)(H,18,19). The number of carbonyl (C=O) groups is 3. The molecule has 0 saturated carbocycles. The van der Waals surface area contributed by atoms with Crippen molar-refractivity contribution in [3.05, 3.63) is 29.8 Å². The molecule has 0 atom stereocenters. The Bertz CT molecular complexity index is 511. The van der Waals surface area contributed by atoms with Gasteiger partial charge in [-0.15, -0.1) is 0 Å². The van der Waals surface area contributed by atoms with E-state index in [9.17, 15) is 14.4 Å². The maximum atomic E-state index is 11.8. The summed E-state index contributed by atoms with van der Waals surface area (Å²) in [6.07, 6.45) is 0.0441. The van der Waals surface area contributed by atoms with Crippen LogP contribution in [-0.2, 0) is 9.59 Å². The normalized spacial score (nSPS) is 10.0. The summed E-state index contributed by atoms with van der Waals surface area (Å²) in [5.74, 6) is -1.47. The molecule has 0 aromatic heterocycles. The molecule has 0 fully saturated rings. The van der Waals surface area contributed by atoms with E-state index in [2.05, 4.69) is 10.6 Å². The Morgan fingerprint density at radius 2 is 1.71 bits per heavy atom. The number of aliphatic carboxylic acids is 1. The van der Waals surface area contributed by atoms with Crippen LogP contribution in [0.2, 0.25) is 0 Å². The second-order valence-corrected chi connectivity index (χ2v) is 4.54. The molecule has 0 aliphatic heterocycles. The highest BCUT2D eigenvalue weighted by atomic mass is 16.5. The van der Waals surface area contributed by atoms with Gasteiger partial charge in [-0.1, -0.05) is 0 Å². The molecule has 114 valence electrons. The highest BCUT2D eigenvalue weighted by Gasteiger charge is 2.09. The fraction of sp³-hybridized carbons (Fsp3) is 0.357. The lowest BCUT2D eigenvalue weighted by molar-refractivity contribution is -0.137. The molecule has 0 unspecified atom stereocenters. The van der Waals surface area contributed by atoms with Crippen LogP contribution in [0.25, 0.3) is 0 Å². The van der Waals surface area contributed by atoms with Gasteiger partial charge in [0, 0.05) is 5.56 Å². The van der Waals surface area contributed by atoms with Crippen LogP contribution >= 0.6 is 0 Å². The molecule has 0 radical (unpaired) electrons. The van der Waals surface area contributed by atoms with Crippen molar-refractivity contribution < 1.29 is 24.2 Å². The van der Waals surface area contributed by atoms with Gasteiger partial charge in [-0.3, -0.25) is 14.4 Å². The van der Waals surface area contributed by atoms with Crippen molar-refractivity contribution in [3.8, 4) is 5.75 Å². The summed E-state index contributed by atoms with van der Waals surface area (Å²) in [4.78, 5) is 33.3. The third-order valence-electron chi connectivity index (χ3n) is 2.33. The van der Waals surface area contributed by atoms with Crippen molar-refractivity contribution in [3.63, 3.8) is 0 Å². The number of hydrogen-bond donors (Lipinski definition) is 3. The number of amides is 2. The summed E-state index contributed by atoms with van der Waals surface area (Å²) < 4.78 is 5.45. The van der Waals surface area contributed by atoms with Gasteiger partial charge in [0.25, 0.3) is 5.91 Å². The zero-order valence-corrected chi connectivity index (χ0v) is 11.9. The number of ether oxygens (including phenoxy) is 1. The Balaban J connectivity index is 2.45. The van der Waals surface area contributed by atoms with Gasteiger partial charge in [0.1, 0.15) is 12.3 Å². The number of carbonyl (C=O) groups excluding carboxylic acids is 2. The second kappa shape index (κ2) is 7.88. The molecule has 3 N–H and O–H groups in total. The van der Waals surface area contributed by atoms with E-state index in [0.29, 0.717) is 11.3 Å². The number of carboxylic acid groups (broad SMARTS) is 1. The van der Waals surface area contributed by atoms with E-state index < -0.39 is 24.3 Å². The van der Waals surface area contributed by atoms with Crippen LogP contribution in [0.4, 0.5) is 0 Å². The maximum Gasteiger partial charge on any atom is 0.322 e. The van der Waals surface area contributed by atoms with E-state index in [1.54, 1.807) is 24.3 Å². The second-order valence-electron chi connectivity index (χ2n) is 4.54. The molecule has 0 saturated heterocycles. The molecule has 0 heterocycles. The minimum Gasteiger partial charge on any atom is -0.491 e. The third kappa shape index (κ3) is 6.42. The zero-order valence-electron chi connectivity index (χ0n) is 11.9. The number of nitrogens with one attached hydrogen (secondary N) is 2. The number of hydrogen-bond acceptors (Lipinski definition) is 4. The average molecular weight is 294 g/mol. The zero-order chi connectivity index (χ0) is 15.8. The molecule has 7 nitrogen and oxygen atoms in total. The van der Waals surface area contributed by atoms with Crippen LogP contribution in [0.5, 0.6) is 5.75 Å². The molecule has 1 aromatic carbocycles. The van der Waals surface area contributed by atoms with Crippen molar-refractivity contribution in [1.29, 1.82) is 0 Å². The first kappa shape index (κ1) is 16.5. The van der Waals surface area contributed by atoms with Gasteiger partial charge in [0.2, 0.25) is 5.91 Å². The quantitative estimate of drug-likeness (QED) is 0.675. The topological polar surface area (TPSA) is 105 Å². The highest BCUT2D eigenvalue weighted by molar-refractivity contribution is 5.96. The van der Waals surface area contributed by atoms with Crippen LogP contribution in [0.1, 0.15) is 24.2 Å². The molecule has 7 heteroatoms. The maximum absolute atomic E-state index is 11.8. The van der Waals surface area contributed by atoms with Gasteiger partial charge in [-0.05, 0) is 38.1 Å². The Labute approximate surface area is 122 Å². The van der Waals surface area contributed by atoms with Gasteiger partial charge in [0.05, 0.1) is 12.6 Å². The highest BCUT2D eigenvalue weighted by Crippen LogP contribution is 2.13. The smallest absolute Gasteiger partial charge is 0.322 e. The lowest BCUT2D eigenvalue weighted by Gasteiger charge is -2.10. The summed E-state index contributed by atoms with van der Waals surface area (Å²) >= 11 is 0. The molecule has 1 aromatic rings. The summed E-state index contributed by atoms with van der Waals surface area (Å²) in [7, 11) is 0. The summed E-state index contributed by atoms with van der Waals surface area (Å²) in [6.45, 7) is 3.04. The molecular formula is C14H18N2O5. The fourth-order valence-electron chi connectivity index (χ4n) is 1.46. The van der Waals surface area contributed by atoms with E-state index in [1.807, 2.05) is 13.8 Å². The van der Waals surface area contributed by atoms with Gasteiger partial charge >= 0.3 is 5.97 Å². The van der Waals surface area contributed by atoms with Gasteiger partial charge in [-0.2, -0.15) is 0 Å². The molecule has 1 rings (SSSR count). The Hall–Kier alpha value is -2.57. The van der Waals surface area contributed by atoms with Gasteiger partial charge in [0.15, 0.2) is 0 Å². The van der Waals surface area contributed by atoms with Crippen LogP contribution < -0.4 is 15.4 Å². The van der Waals surface area contributed by atoms with Crippen LogP contribution in [0, 0.1) is 0 Å². The molecule has 21 heavy (non-hydrogen) atoms. The van der Waals surface area contributed by atoms with Gasteiger partial charge in [-0.25, -0.2) is 0 Å². The lowest BCUT2D eigenvalue weighted by atomic mass is 10.2. The van der Waals surface area contributed by atoms with E-state index in [-0.39, 0.29) is 12.6 Å². The number of rotatable bonds is 7. The Morgan fingerprint density at radius 1 is 1.10 bits per heavy atom. The first-order valence-corrected chi connectivity index (χ1v) is 6.42. The molecule has 0 bridgehead atoms. The molecular weight excluding hydrogens is 276 g/mol. The Morgan fingerprint density at radius 3 is 2.24 bits per heavy atom. The van der Waals surface area contributed by atoms with E-state index >= 15 is 0 Å². The summed E-state index contributed by atoms with van der Waals surface area (Å²) in [5, 5.41) is 12.9. The molecule has 0 spiro atoms. The largest absolute Gasteiger partial charge is 0.491 e. The molecule has 0 aliphatic carbocycles. The minimum atomic E-state index is -1.14. The number of benzene rings is 1. The van der Waals surface area contributed by atoms with Crippen LogP contribution in [-0.4, -0.2) is 42.1 Å². The predicted octanol–water partition coefficient (Wildman–Crippen LogP) is 0.404. The van der Waals surface area contributed by atoms with Crippen LogP contribution in [0.3, 0.4) is 0 Å². The summed E-state index contributed by atoms with van der Waals surface area (Å²) in [6, 6.07) is 6.50. The van der Waals surface area contributed by atoms with Crippen LogP contribution in [0.15, 0.2) is 24.3 Å². The van der Waals surface area contributed by atoms with E-state index in [1.165, 1.54) is 0 Å².